The molecule has 1 aromatic rings. The second-order valence-electron chi connectivity index (χ2n) is 5.12. The standard InChI is InChI=1S/C15H14F7N3OS/c1-3-25(4-2)13(15(20,21)22)24-11-6-12(9(7-23)5-10(11)16)27(26)8-14(17,18)19/h5-6H,3-4,8H2,1-2H3. The fraction of sp³-hybridized carbons (Fsp3) is 0.467. The Bertz CT molecular complexity index is 777. The van der Waals surface area contributed by atoms with Gasteiger partial charge in [0.15, 0.2) is 0 Å². The van der Waals surface area contributed by atoms with Gasteiger partial charge in [-0.2, -0.15) is 31.6 Å². The zero-order chi connectivity index (χ0) is 21.0. The van der Waals surface area contributed by atoms with Gasteiger partial charge in [-0.15, -0.1) is 0 Å². The van der Waals surface area contributed by atoms with Crippen LogP contribution in [0.5, 0.6) is 0 Å². The first-order valence-corrected chi connectivity index (χ1v) is 8.75. The summed E-state index contributed by atoms with van der Waals surface area (Å²) < 4.78 is 103. The molecular formula is C15H14F7N3OS. The number of aliphatic imine (C=N–C) groups is 1. The number of rotatable bonds is 5. The van der Waals surface area contributed by atoms with Gasteiger partial charge in [-0.1, -0.05) is 0 Å². The molecule has 0 saturated carbocycles. The molecule has 0 N–H and O–H groups in total. The minimum absolute atomic E-state index is 0.112. The lowest BCUT2D eigenvalue weighted by molar-refractivity contribution is -0.105. The molecule has 0 amide bonds. The summed E-state index contributed by atoms with van der Waals surface area (Å²) in [5.41, 5.74) is -1.64. The van der Waals surface area contributed by atoms with Gasteiger partial charge in [0.05, 0.1) is 21.3 Å². The maximum absolute atomic E-state index is 14.1. The van der Waals surface area contributed by atoms with Crippen molar-refractivity contribution in [1.82, 2.24) is 4.90 Å². The van der Waals surface area contributed by atoms with Crippen molar-refractivity contribution in [2.45, 2.75) is 31.1 Å². The predicted octanol–water partition coefficient (Wildman–Crippen LogP) is 4.30. The summed E-state index contributed by atoms with van der Waals surface area (Å²) in [6.07, 6.45) is -9.81. The van der Waals surface area contributed by atoms with E-state index in [2.05, 4.69) is 4.99 Å². The number of halogens is 7. The lowest BCUT2D eigenvalue weighted by Crippen LogP contribution is -2.41. The molecule has 0 radical (unpaired) electrons. The molecule has 27 heavy (non-hydrogen) atoms. The number of hydrogen-bond acceptors (Lipinski definition) is 3. The van der Waals surface area contributed by atoms with Crippen LogP contribution >= 0.6 is 0 Å². The van der Waals surface area contributed by atoms with Gasteiger partial charge >= 0.3 is 12.4 Å². The highest BCUT2D eigenvalue weighted by Crippen LogP contribution is 2.30. The van der Waals surface area contributed by atoms with Gasteiger partial charge in [0.2, 0.25) is 5.84 Å². The van der Waals surface area contributed by atoms with E-state index in [-0.39, 0.29) is 13.1 Å². The minimum atomic E-state index is -4.96. The fourth-order valence-electron chi connectivity index (χ4n) is 2.08. The highest BCUT2D eigenvalue weighted by molar-refractivity contribution is 7.85. The van der Waals surface area contributed by atoms with E-state index < -0.39 is 56.7 Å². The molecule has 4 nitrogen and oxygen atoms in total. The molecule has 0 saturated heterocycles. The number of alkyl halides is 6. The Balaban J connectivity index is 3.58. The number of nitrogens with zero attached hydrogens (tertiary/aromatic N) is 3. The lowest BCUT2D eigenvalue weighted by atomic mass is 10.2. The Morgan fingerprint density at radius 2 is 1.74 bits per heavy atom. The monoisotopic (exact) mass is 417 g/mol. The molecule has 0 heterocycles. The summed E-state index contributed by atoms with van der Waals surface area (Å²) in [7, 11) is -2.81. The van der Waals surface area contributed by atoms with Gasteiger partial charge in [0.25, 0.3) is 0 Å². The van der Waals surface area contributed by atoms with Crippen LogP contribution in [-0.2, 0) is 10.8 Å². The van der Waals surface area contributed by atoms with E-state index in [0.29, 0.717) is 12.1 Å². The van der Waals surface area contributed by atoms with Crippen LogP contribution in [0.2, 0.25) is 0 Å². The van der Waals surface area contributed by atoms with Gasteiger partial charge in [-0.3, -0.25) is 4.21 Å². The average Bonchev–Trinajstić information content (AvgIpc) is 2.53. The van der Waals surface area contributed by atoms with Crippen molar-refractivity contribution in [2.75, 3.05) is 18.8 Å². The van der Waals surface area contributed by atoms with Crippen molar-refractivity contribution in [3.05, 3.63) is 23.5 Å². The van der Waals surface area contributed by atoms with E-state index in [1.807, 2.05) is 0 Å². The Morgan fingerprint density at radius 3 is 2.15 bits per heavy atom. The second kappa shape index (κ2) is 8.69. The van der Waals surface area contributed by atoms with Crippen LogP contribution in [0.3, 0.4) is 0 Å². The second-order valence-corrected chi connectivity index (χ2v) is 6.54. The van der Waals surface area contributed by atoms with Crippen molar-refractivity contribution in [2.24, 2.45) is 4.99 Å². The number of nitriles is 1. The highest BCUT2D eigenvalue weighted by atomic mass is 32.2. The summed E-state index contributed by atoms with van der Waals surface area (Å²) in [4.78, 5) is 3.25. The van der Waals surface area contributed by atoms with Gasteiger partial charge in [-0.05, 0) is 26.0 Å². The molecule has 0 fully saturated rings. The van der Waals surface area contributed by atoms with E-state index in [1.54, 1.807) is 0 Å². The molecule has 12 heteroatoms. The van der Waals surface area contributed by atoms with Crippen LogP contribution in [0.1, 0.15) is 19.4 Å². The normalized spacial score (nSPS) is 14.0. The lowest BCUT2D eigenvalue weighted by Gasteiger charge is -2.24. The summed E-state index contributed by atoms with van der Waals surface area (Å²) in [6.45, 7) is 2.59. The van der Waals surface area contributed by atoms with Crippen LogP contribution in [0.25, 0.3) is 0 Å². The van der Waals surface area contributed by atoms with Gasteiger partial charge < -0.3 is 4.90 Å². The zero-order valence-electron chi connectivity index (χ0n) is 14.1. The number of hydrogen-bond donors (Lipinski definition) is 0. The molecule has 0 bridgehead atoms. The third-order valence-electron chi connectivity index (χ3n) is 3.25. The van der Waals surface area contributed by atoms with Crippen molar-refractivity contribution < 1.29 is 34.9 Å². The van der Waals surface area contributed by atoms with Crippen LogP contribution in [0, 0.1) is 17.1 Å². The minimum Gasteiger partial charge on any atom is -0.353 e. The first-order valence-electron chi connectivity index (χ1n) is 7.43. The first-order chi connectivity index (χ1) is 12.3. The maximum atomic E-state index is 14.1. The molecule has 150 valence electrons. The van der Waals surface area contributed by atoms with E-state index in [0.717, 1.165) is 4.90 Å². The van der Waals surface area contributed by atoms with Crippen molar-refractivity contribution in [3.8, 4) is 6.07 Å². The first kappa shape index (κ1) is 22.9. The van der Waals surface area contributed by atoms with Gasteiger partial charge in [0, 0.05) is 13.1 Å². The number of benzene rings is 1. The largest absolute Gasteiger partial charge is 0.449 e. The summed E-state index contributed by atoms with van der Waals surface area (Å²) >= 11 is 0. The van der Waals surface area contributed by atoms with Gasteiger partial charge in [-0.25, -0.2) is 9.38 Å². The van der Waals surface area contributed by atoms with E-state index in [1.165, 1.54) is 19.9 Å². The SMILES string of the molecule is CCN(CC)C(=Nc1cc(S(=O)CC(F)(F)F)c(C#N)cc1F)C(F)(F)F. The molecule has 0 aliphatic carbocycles. The third-order valence-corrected chi connectivity index (χ3v) is 4.67. The van der Waals surface area contributed by atoms with E-state index in [4.69, 9.17) is 5.26 Å². The zero-order valence-corrected chi connectivity index (χ0v) is 14.9. The summed E-state index contributed by atoms with van der Waals surface area (Å²) in [5.74, 6) is -4.64. The van der Waals surface area contributed by atoms with Crippen LogP contribution in [-0.4, -0.2) is 46.1 Å². The summed E-state index contributed by atoms with van der Waals surface area (Å²) in [5, 5.41) is 8.90. The Morgan fingerprint density at radius 1 is 1.19 bits per heavy atom. The molecule has 0 aromatic heterocycles. The van der Waals surface area contributed by atoms with E-state index >= 15 is 0 Å². The number of amidine groups is 1. The van der Waals surface area contributed by atoms with Crippen LogP contribution in [0.4, 0.5) is 36.4 Å². The Hall–Kier alpha value is -2.16. The molecule has 1 aromatic carbocycles. The molecule has 0 spiro atoms. The molecule has 0 aliphatic heterocycles. The Labute approximate surface area is 152 Å². The van der Waals surface area contributed by atoms with Gasteiger partial charge in [0.1, 0.15) is 23.3 Å². The van der Waals surface area contributed by atoms with Crippen molar-refractivity contribution in [1.29, 1.82) is 5.26 Å². The molecule has 1 atom stereocenters. The molecule has 1 rings (SSSR count). The van der Waals surface area contributed by atoms with Crippen LogP contribution in [0.15, 0.2) is 22.0 Å². The van der Waals surface area contributed by atoms with Crippen molar-refractivity contribution >= 4 is 22.3 Å². The smallest absolute Gasteiger partial charge is 0.353 e. The molecule has 0 aliphatic rings. The topological polar surface area (TPSA) is 56.5 Å². The third kappa shape index (κ3) is 6.20. The van der Waals surface area contributed by atoms with Crippen molar-refractivity contribution in [3.63, 3.8) is 0 Å². The Kier molecular flexibility index (Phi) is 7.36. The summed E-state index contributed by atoms with van der Waals surface area (Å²) in [6, 6.07) is 2.27. The highest BCUT2D eigenvalue weighted by Gasteiger charge is 2.39. The average molecular weight is 417 g/mol. The fourth-order valence-corrected chi connectivity index (χ4v) is 3.13. The molecular weight excluding hydrogens is 403 g/mol. The van der Waals surface area contributed by atoms with E-state index in [9.17, 15) is 34.9 Å². The quantitative estimate of drug-likeness (QED) is 0.408. The molecule has 1 unspecified atom stereocenters. The van der Waals surface area contributed by atoms with Crippen LogP contribution < -0.4 is 0 Å². The predicted molar refractivity (Wildman–Crippen MR) is 84.5 cm³/mol. The maximum Gasteiger partial charge on any atom is 0.449 e.